The Kier molecular flexibility index (Phi) is 3.53. The lowest BCUT2D eigenvalue weighted by atomic mass is 10.2. The van der Waals surface area contributed by atoms with Gasteiger partial charge in [-0.3, -0.25) is 9.36 Å². The summed E-state index contributed by atoms with van der Waals surface area (Å²) in [6.45, 7) is 3.44. The molecule has 0 aliphatic rings. The summed E-state index contributed by atoms with van der Waals surface area (Å²) in [5.41, 5.74) is 2.37. The quantitative estimate of drug-likeness (QED) is 0.586. The van der Waals surface area contributed by atoms with Crippen LogP contribution in [0.25, 0.3) is 16.9 Å². The van der Waals surface area contributed by atoms with Crippen molar-refractivity contribution in [3.63, 3.8) is 0 Å². The molecular weight excluding hydrogens is 332 g/mol. The molecule has 0 atom stereocenters. The van der Waals surface area contributed by atoms with Gasteiger partial charge in [0.15, 0.2) is 0 Å². The number of benzene rings is 1. The number of nitrogens with one attached hydrogen (secondary N) is 1. The predicted molar refractivity (Wildman–Crippen MR) is 85.4 cm³/mol. The van der Waals surface area contributed by atoms with E-state index < -0.39 is 0 Å². The third kappa shape index (κ3) is 2.71. The summed E-state index contributed by atoms with van der Waals surface area (Å²) in [6, 6.07) is 11.2. The van der Waals surface area contributed by atoms with E-state index in [1.807, 2.05) is 34.9 Å². The van der Waals surface area contributed by atoms with Gasteiger partial charge in [-0.2, -0.15) is 0 Å². The second-order valence-corrected chi connectivity index (χ2v) is 5.14. The van der Waals surface area contributed by atoms with Gasteiger partial charge in [0.25, 0.3) is 0 Å². The van der Waals surface area contributed by atoms with Gasteiger partial charge in [-0.05, 0) is 52.3 Å². The van der Waals surface area contributed by atoms with Crippen LogP contribution >= 0.6 is 15.9 Å². The zero-order chi connectivity index (χ0) is 14.8. The van der Waals surface area contributed by atoms with Crippen LogP contribution in [0.3, 0.4) is 0 Å². The summed E-state index contributed by atoms with van der Waals surface area (Å²) in [5.74, 6) is 0.500. The number of carbonyl (C=O) groups excluding carboxylic acids is 1. The molecule has 1 aromatic carbocycles. The number of hydrogen-bond donors (Lipinski definition) is 1. The predicted octanol–water partition coefficient (Wildman–Crippen LogP) is 3.31. The lowest BCUT2D eigenvalue weighted by Crippen LogP contribution is -2.07. The molecule has 0 spiro atoms. The highest BCUT2D eigenvalue weighted by atomic mass is 79.9. The molecule has 0 bridgehead atoms. The highest BCUT2D eigenvalue weighted by molar-refractivity contribution is 9.10. The Bertz CT molecular complexity index is 841. The van der Waals surface area contributed by atoms with Crippen molar-refractivity contribution >= 4 is 38.6 Å². The summed E-state index contributed by atoms with van der Waals surface area (Å²) >= 11 is 3.36. The molecule has 0 saturated carbocycles. The van der Waals surface area contributed by atoms with E-state index in [-0.39, 0.29) is 5.91 Å². The average molecular weight is 343 g/mol. The molecule has 3 rings (SSSR count). The number of carbonyl (C=O) groups is 1. The van der Waals surface area contributed by atoms with Crippen LogP contribution in [0.5, 0.6) is 0 Å². The van der Waals surface area contributed by atoms with E-state index in [4.69, 9.17) is 0 Å². The van der Waals surface area contributed by atoms with Crippen molar-refractivity contribution in [2.45, 2.75) is 0 Å². The Morgan fingerprint density at radius 1 is 1.33 bits per heavy atom. The lowest BCUT2D eigenvalue weighted by molar-refractivity contribution is -0.111. The highest BCUT2D eigenvalue weighted by Crippen LogP contribution is 2.21. The molecule has 3 aromatic rings. The molecule has 2 heterocycles. The lowest BCUT2D eigenvalue weighted by Gasteiger charge is -2.06. The fourth-order valence-corrected chi connectivity index (χ4v) is 2.33. The molecule has 0 aliphatic heterocycles. The van der Waals surface area contributed by atoms with Crippen molar-refractivity contribution in [3.05, 3.63) is 60.0 Å². The number of imidazole rings is 1. The number of halogens is 1. The SMILES string of the molecule is C=CC(=O)Nc1ccc2ncn(-c3cccc(Br)n3)c2c1. The van der Waals surface area contributed by atoms with Crippen LogP contribution in [0.2, 0.25) is 0 Å². The normalized spacial score (nSPS) is 10.5. The zero-order valence-corrected chi connectivity index (χ0v) is 12.5. The van der Waals surface area contributed by atoms with E-state index in [9.17, 15) is 4.79 Å². The summed E-state index contributed by atoms with van der Waals surface area (Å²) in [7, 11) is 0. The molecule has 1 N–H and O–H groups in total. The maximum atomic E-state index is 11.4. The number of aromatic nitrogens is 3. The standard InChI is InChI=1S/C15H11BrN4O/c1-2-15(21)18-10-6-7-11-12(8-10)20(9-17-11)14-5-3-4-13(16)19-14/h2-9H,1H2,(H,18,21). The molecule has 0 fully saturated rings. The van der Waals surface area contributed by atoms with E-state index >= 15 is 0 Å². The average Bonchev–Trinajstić information content (AvgIpc) is 2.90. The molecule has 0 aliphatic carbocycles. The number of pyridine rings is 1. The largest absolute Gasteiger partial charge is 0.322 e. The molecule has 0 radical (unpaired) electrons. The maximum absolute atomic E-state index is 11.4. The molecule has 0 unspecified atom stereocenters. The second kappa shape index (κ2) is 5.49. The Morgan fingerprint density at radius 3 is 2.95 bits per heavy atom. The molecule has 5 nitrogen and oxygen atoms in total. The monoisotopic (exact) mass is 342 g/mol. The highest BCUT2D eigenvalue weighted by Gasteiger charge is 2.07. The fraction of sp³-hybridized carbons (Fsp3) is 0. The molecule has 1 amide bonds. The fourth-order valence-electron chi connectivity index (χ4n) is 1.99. The molecule has 2 aromatic heterocycles. The van der Waals surface area contributed by atoms with Crippen molar-refractivity contribution in [2.24, 2.45) is 0 Å². The number of nitrogens with zero attached hydrogens (tertiary/aromatic N) is 3. The van der Waals surface area contributed by atoms with Gasteiger partial charge in [0, 0.05) is 5.69 Å². The summed E-state index contributed by atoms with van der Waals surface area (Å²) in [5, 5.41) is 2.74. The third-order valence-corrected chi connectivity index (χ3v) is 3.39. The Balaban J connectivity index is 2.09. The smallest absolute Gasteiger partial charge is 0.247 e. The number of anilines is 1. The number of rotatable bonds is 3. The first-order valence-electron chi connectivity index (χ1n) is 6.21. The van der Waals surface area contributed by atoms with Crippen molar-refractivity contribution in [3.8, 4) is 5.82 Å². The van der Waals surface area contributed by atoms with E-state index in [0.717, 1.165) is 21.5 Å². The van der Waals surface area contributed by atoms with Crippen molar-refractivity contribution in [2.75, 3.05) is 5.32 Å². The topological polar surface area (TPSA) is 59.8 Å². The molecule has 104 valence electrons. The minimum Gasteiger partial charge on any atom is -0.322 e. The Labute approximate surface area is 129 Å². The second-order valence-electron chi connectivity index (χ2n) is 4.33. The van der Waals surface area contributed by atoms with Gasteiger partial charge < -0.3 is 5.32 Å². The molecular formula is C15H11BrN4O. The van der Waals surface area contributed by atoms with Crippen LogP contribution in [0.1, 0.15) is 0 Å². The minimum absolute atomic E-state index is 0.249. The number of hydrogen-bond acceptors (Lipinski definition) is 3. The number of amides is 1. The molecule has 21 heavy (non-hydrogen) atoms. The van der Waals surface area contributed by atoms with Crippen LogP contribution < -0.4 is 5.32 Å². The summed E-state index contributed by atoms with van der Waals surface area (Å²) in [6.07, 6.45) is 2.94. The summed E-state index contributed by atoms with van der Waals surface area (Å²) in [4.78, 5) is 20.1. The van der Waals surface area contributed by atoms with Gasteiger partial charge in [0.1, 0.15) is 16.7 Å². The third-order valence-electron chi connectivity index (χ3n) is 2.95. The van der Waals surface area contributed by atoms with Gasteiger partial charge in [0.05, 0.1) is 11.0 Å². The Hall–Kier alpha value is -2.47. The van der Waals surface area contributed by atoms with Gasteiger partial charge in [0.2, 0.25) is 5.91 Å². The first-order chi connectivity index (χ1) is 10.2. The van der Waals surface area contributed by atoms with Gasteiger partial charge >= 0.3 is 0 Å². The van der Waals surface area contributed by atoms with E-state index in [1.54, 1.807) is 12.4 Å². The number of fused-ring (bicyclic) bond motifs is 1. The van der Waals surface area contributed by atoms with Crippen molar-refractivity contribution < 1.29 is 4.79 Å². The van der Waals surface area contributed by atoms with Crippen LogP contribution in [-0.4, -0.2) is 20.4 Å². The summed E-state index contributed by atoms with van der Waals surface area (Å²) < 4.78 is 2.61. The van der Waals surface area contributed by atoms with Crippen LogP contribution in [0, 0.1) is 0 Å². The van der Waals surface area contributed by atoms with Crippen molar-refractivity contribution in [1.82, 2.24) is 14.5 Å². The van der Waals surface area contributed by atoms with Crippen molar-refractivity contribution in [1.29, 1.82) is 0 Å². The maximum Gasteiger partial charge on any atom is 0.247 e. The van der Waals surface area contributed by atoms with E-state index in [1.165, 1.54) is 6.08 Å². The first kappa shape index (κ1) is 13.5. The van der Waals surface area contributed by atoms with Crippen LogP contribution in [0.4, 0.5) is 5.69 Å². The van der Waals surface area contributed by atoms with E-state index in [0.29, 0.717) is 5.69 Å². The van der Waals surface area contributed by atoms with Gasteiger partial charge in [-0.1, -0.05) is 12.6 Å². The minimum atomic E-state index is -0.249. The molecule has 6 heteroatoms. The van der Waals surface area contributed by atoms with Gasteiger partial charge in [-0.15, -0.1) is 0 Å². The Morgan fingerprint density at radius 2 is 2.19 bits per heavy atom. The van der Waals surface area contributed by atoms with Crippen LogP contribution in [0.15, 0.2) is 60.0 Å². The van der Waals surface area contributed by atoms with Crippen LogP contribution in [-0.2, 0) is 4.79 Å². The molecule has 0 saturated heterocycles. The zero-order valence-electron chi connectivity index (χ0n) is 11.0. The first-order valence-corrected chi connectivity index (χ1v) is 7.00. The van der Waals surface area contributed by atoms with E-state index in [2.05, 4.69) is 37.8 Å². The van der Waals surface area contributed by atoms with Gasteiger partial charge in [-0.25, -0.2) is 9.97 Å².